The molecule has 2 amide bonds. The molecule has 5 nitrogen and oxygen atoms in total. The normalized spacial score (nSPS) is 10.1. The van der Waals surface area contributed by atoms with Crippen LogP contribution in [0.4, 0.5) is 10.5 Å². The molecule has 0 heterocycles. The summed E-state index contributed by atoms with van der Waals surface area (Å²) in [5, 5.41) is 12.0. The molecule has 0 atom stereocenters. The summed E-state index contributed by atoms with van der Waals surface area (Å²) in [7, 11) is 1.56. The van der Waals surface area contributed by atoms with Crippen molar-refractivity contribution >= 4 is 11.7 Å². The van der Waals surface area contributed by atoms with Gasteiger partial charge >= 0.3 is 6.03 Å². The molecule has 22 heavy (non-hydrogen) atoms. The third-order valence-electron chi connectivity index (χ3n) is 3.22. The number of nitrogens with one attached hydrogen (secondary N) is 1. The second-order valence-electron chi connectivity index (χ2n) is 4.76. The zero-order chi connectivity index (χ0) is 15.8. The molecule has 0 aliphatic rings. The number of amides is 2. The fourth-order valence-electron chi connectivity index (χ4n) is 2.12. The summed E-state index contributed by atoms with van der Waals surface area (Å²) in [4.78, 5) is 14.0. The summed E-state index contributed by atoms with van der Waals surface area (Å²) in [6.07, 6.45) is 0. The molecule has 0 spiro atoms. The maximum atomic E-state index is 12.4. The number of hydrogen-bond acceptors (Lipinski definition) is 3. The Balaban J connectivity index is 2.09. The molecule has 2 rings (SSSR count). The van der Waals surface area contributed by atoms with Gasteiger partial charge in [-0.3, -0.25) is 0 Å². The first kappa shape index (κ1) is 15.9. The molecule has 0 radical (unpaired) electrons. The van der Waals surface area contributed by atoms with Gasteiger partial charge in [-0.15, -0.1) is 0 Å². The van der Waals surface area contributed by atoms with Crippen LogP contribution in [0.15, 0.2) is 54.6 Å². The number of anilines is 1. The molecule has 0 bridgehead atoms. The van der Waals surface area contributed by atoms with Gasteiger partial charge in [0.05, 0.1) is 19.4 Å². The van der Waals surface area contributed by atoms with Gasteiger partial charge in [0.25, 0.3) is 0 Å². The maximum absolute atomic E-state index is 12.4. The Kier molecular flexibility index (Phi) is 5.80. The van der Waals surface area contributed by atoms with Crippen molar-refractivity contribution in [2.45, 2.75) is 6.54 Å². The lowest BCUT2D eigenvalue weighted by Crippen LogP contribution is -2.36. The highest BCUT2D eigenvalue weighted by Crippen LogP contribution is 2.23. The third kappa shape index (κ3) is 4.23. The fourth-order valence-corrected chi connectivity index (χ4v) is 2.12. The van der Waals surface area contributed by atoms with Crippen LogP contribution >= 0.6 is 0 Å². The number of para-hydroxylation sites is 2. The van der Waals surface area contributed by atoms with Crippen LogP contribution in [0.5, 0.6) is 5.75 Å². The molecule has 0 fully saturated rings. The molecule has 0 aromatic heterocycles. The number of ether oxygens (including phenoxy) is 1. The number of carbonyl (C=O) groups is 1. The number of aliphatic hydroxyl groups is 1. The molecular formula is C17H20N2O3. The van der Waals surface area contributed by atoms with Crippen molar-refractivity contribution < 1.29 is 14.6 Å². The van der Waals surface area contributed by atoms with Crippen LogP contribution in [0.2, 0.25) is 0 Å². The molecule has 0 saturated heterocycles. The Labute approximate surface area is 130 Å². The SMILES string of the molecule is COc1ccccc1NC(=O)N(CCO)Cc1ccccc1. The first-order chi connectivity index (χ1) is 10.7. The highest BCUT2D eigenvalue weighted by Gasteiger charge is 2.15. The van der Waals surface area contributed by atoms with Crippen LogP contribution in [0, 0.1) is 0 Å². The van der Waals surface area contributed by atoms with Crippen molar-refractivity contribution in [2.75, 3.05) is 25.6 Å². The summed E-state index contributed by atoms with van der Waals surface area (Å²) in [5.74, 6) is 0.597. The van der Waals surface area contributed by atoms with E-state index in [0.29, 0.717) is 18.0 Å². The third-order valence-corrected chi connectivity index (χ3v) is 3.22. The fraction of sp³-hybridized carbons (Fsp3) is 0.235. The van der Waals surface area contributed by atoms with Crippen molar-refractivity contribution in [2.24, 2.45) is 0 Å². The van der Waals surface area contributed by atoms with Crippen LogP contribution in [-0.4, -0.2) is 36.3 Å². The molecule has 5 heteroatoms. The molecule has 0 unspecified atom stereocenters. The minimum atomic E-state index is -0.276. The van der Waals surface area contributed by atoms with Gasteiger partial charge in [0.15, 0.2) is 0 Å². The largest absolute Gasteiger partial charge is 0.495 e. The standard InChI is InChI=1S/C17H20N2O3/c1-22-16-10-6-5-9-15(16)18-17(21)19(11-12-20)13-14-7-3-2-4-8-14/h2-10,20H,11-13H2,1H3,(H,18,21). The molecule has 116 valence electrons. The number of aliphatic hydroxyl groups excluding tert-OH is 1. The zero-order valence-electron chi connectivity index (χ0n) is 12.5. The second kappa shape index (κ2) is 8.05. The predicted octanol–water partition coefficient (Wildman–Crippen LogP) is 2.72. The van der Waals surface area contributed by atoms with E-state index in [1.807, 2.05) is 42.5 Å². The lowest BCUT2D eigenvalue weighted by Gasteiger charge is -2.23. The van der Waals surface area contributed by atoms with Crippen LogP contribution in [-0.2, 0) is 6.54 Å². The topological polar surface area (TPSA) is 61.8 Å². The number of hydrogen-bond donors (Lipinski definition) is 2. The summed E-state index contributed by atoms with van der Waals surface area (Å²) >= 11 is 0. The van der Waals surface area contributed by atoms with Gasteiger partial charge in [-0.05, 0) is 17.7 Å². The second-order valence-corrected chi connectivity index (χ2v) is 4.76. The van der Waals surface area contributed by atoms with Gasteiger partial charge < -0.3 is 20.1 Å². The average molecular weight is 300 g/mol. The molecule has 2 N–H and O–H groups in total. The number of urea groups is 1. The van der Waals surface area contributed by atoms with Crippen molar-refractivity contribution in [3.63, 3.8) is 0 Å². The summed E-state index contributed by atoms with van der Waals surface area (Å²) in [6, 6.07) is 16.6. The summed E-state index contributed by atoms with van der Waals surface area (Å²) in [6.45, 7) is 0.602. The quantitative estimate of drug-likeness (QED) is 0.862. The summed E-state index contributed by atoms with van der Waals surface area (Å²) in [5.41, 5.74) is 1.61. The smallest absolute Gasteiger partial charge is 0.322 e. The van der Waals surface area contributed by atoms with Crippen LogP contribution in [0.1, 0.15) is 5.56 Å². The van der Waals surface area contributed by atoms with Crippen molar-refractivity contribution in [3.05, 3.63) is 60.2 Å². The van der Waals surface area contributed by atoms with Gasteiger partial charge in [0.2, 0.25) is 0 Å². The first-order valence-corrected chi connectivity index (χ1v) is 7.08. The number of benzene rings is 2. The van der Waals surface area contributed by atoms with Gasteiger partial charge in [-0.25, -0.2) is 4.79 Å². The van der Waals surface area contributed by atoms with Crippen molar-refractivity contribution in [1.29, 1.82) is 0 Å². The van der Waals surface area contributed by atoms with Crippen LogP contribution in [0.25, 0.3) is 0 Å². The number of rotatable bonds is 6. The molecule has 0 saturated carbocycles. The molecule has 2 aromatic rings. The van der Waals surface area contributed by atoms with E-state index in [9.17, 15) is 9.90 Å². The Bertz CT molecular complexity index is 602. The van der Waals surface area contributed by atoms with Gasteiger partial charge in [0, 0.05) is 13.1 Å². The highest BCUT2D eigenvalue weighted by molar-refractivity contribution is 5.91. The van der Waals surface area contributed by atoms with Crippen molar-refractivity contribution in [3.8, 4) is 5.75 Å². The van der Waals surface area contributed by atoms with E-state index >= 15 is 0 Å². The highest BCUT2D eigenvalue weighted by atomic mass is 16.5. The van der Waals surface area contributed by atoms with E-state index in [4.69, 9.17) is 4.74 Å². The minimum absolute atomic E-state index is 0.0911. The Morgan fingerprint density at radius 2 is 1.82 bits per heavy atom. The Morgan fingerprint density at radius 1 is 1.14 bits per heavy atom. The van der Waals surface area contributed by atoms with Crippen LogP contribution < -0.4 is 10.1 Å². The number of nitrogens with zero attached hydrogens (tertiary/aromatic N) is 1. The minimum Gasteiger partial charge on any atom is -0.495 e. The Morgan fingerprint density at radius 3 is 2.50 bits per heavy atom. The van der Waals surface area contributed by atoms with E-state index in [0.717, 1.165) is 5.56 Å². The number of methoxy groups -OCH3 is 1. The van der Waals surface area contributed by atoms with Gasteiger partial charge in [-0.2, -0.15) is 0 Å². The zero-order valence-corrected chi connectivity index (χ0v) is 12.5. The van der Waals surface area contributed by atoms with Gasteiger partial charge in [0.1, 0.15) is 5.75 Å². The van der Waals surface area contributed by atoms with E-state index in [1.165, 1.54) is 0 Å². The monoisotopic (exact) mass is 300 g/mol. The Hall–Kier alpha value is -2.53. The molecule has 0 aliphatic heterocycles. The summed E-state index contributed by atoms with van der Waals surface area (Å²) < 4.78 is 5.22. The van der Waals surface area contributed by atoms with Crippen molar-refractivity contribution in [1.82, 2.24) is 4.90 Å². The molecule has 0 aliphatic carbocycles. The first-order valence-electron chi connectivity index (χ1n) is 7.08. The molecular weight excluding hydrogens is 280 g/mol. The lowest BCUT2D eigenvalue weighted by atomic mass is 10.2. The predicted molar refractivity (Wildman–Crippen MR) is 86.0 cm³/mol. The van der Waals surface area contributed by atoms with E-state index in [-0.39, 0.29) is 19.2 Å². The maximum Gasteiger partial charge on any atom is 0.322 e. The lowest BCUT2D eigenvalue weighted by molar-refractivity contribution is 0.185. The average Bonchev–Trinajstić information content (AvgIpc) is 2.56. The van der Waals surface area contributed by atoms with E-state index < -0.39 is 0 Å². The van der Waals surface area contributed by atoms with Crippen LogP contribution in [0.3, 0.4) is 0 Å². The van der Waals surface area contributed by atoms with E-state index in [2.05, 4.69) is 5.32 Å². The number of carbonyl (C=O) groups excluding carboxylic acids is 1. The molecule has 2 aromatic carbocycles. The van der Waals surface area contributed by atoms with Gasteiger partial charge in [-0.1, -0.05) is 42.5 Å². The van der Waals surface area contributed by atoms with E-state index in [1.54, 1.807) is 24.1 Å².